The zero-order chi connectivity index (χ0) is 17.9. The standard InChI is InChI=1S/C14H13NO3.C7H13N/c16-14(17)15-7-5-10-3-1-2-4-12(10)13(15)11-6-8-18-9-11;1-4-8-5-2-7(1)3-6-8/h1-4,6,8-9,13H,5,7H2,(H,16,17);7H,1-6H2. The van der Waals surface area contributed by atoms with E-state index in [2.05, 4.69) is 11.0 Å². The van der Waals surface area contributed by atoms with E-state index in [0.717, 1.165) is 23.5 Å². The number of amides is 1. The topological polar surface area (TPSA) is 56.9 Å². The molecule has 2 aromatic rings. The minimum atomic E-state index is -0.893. The van der Waals surface area contributed by atoms with Gasteiger partial charge in [-0.25, -0.2) is 4.79 Å². The van der Waals surface area contributed by atoms with E-state index < -0.39 is 6.09 Å². The summed E-state index contributed by atoms with van der Waals surface area (Å²) in [6.07, 6.45) is 7.52. The molecule has 6 rings (SSSR count). The summed E-state index contributed by atoms with van der Waals surface area (Å²) in [6, 6.07) is 9.54. The van der Waals surface area contributed by atoms with Gasteiger partial charge >= 0.3 is 6.09 Å². The second kappa shape index (κ2) is 7.54. The molecule has 4 aliphatic rings. The minimum absolute atomic E-state index is 0.258. The van der Waals surface area contributed by atoms with Crippen LogP contribution in [0, 0.1) is 5.92 Å². The van der Waals surface area contributed by atoms with Gasteiger partial charge in [-0.15, -0.1) is 0 Å². The van der Waals surface area contributed by atoms with Gasteiger partial charge in [-0.05, 0) is 68.4 Å². The Labute approximate surface area is 154 Å². The van der Waals surface area contributed by atoms with E-state index in [1.807, 2.05) is 24.3 Å². The van der Waals surface area contributed by atoms with E-state index in [1.165, 1.54) is 49.4 Å². The summed E-state index contributed by atoms with van der Waals surface area (Å²) in [4.78, 5) is 15.4. The number of hydrogen-bond donors (Lipinski definition) is 1. The van der Waals surface area contributed by atoms with Crippen LogP contribution in [0.5, 0.6) is 0 Å². The van der Waals surface area contributed by atoms with Gasteiger partial charge in [0, 0.05) is 12.1 Å². The number of nitrogens with zero attached hydrogens (tertiary/aromatic N) is 2. The average molecular weight is 354 g/mol. The highest BCUT2D eigenvalue weighted by molar-refractivity contribution is 5.67. The second-order valence-corrected chi connectivity index (χ2v) is 7.46. The maximum Gasteiger partial charge on any atom is 0.408 e. The van der Waals surface area contributed by atoms with Crippen LogP contribution < -0.4 is 0 Å². The maximum absolute atomic E-state index is 11.4. The Balaban J connectivity index is 0.000000174. The minimum Gasteiger partial charge on any atom is -0.472 e. The monoisotopic (exact) mass is 354 g/mol. The molecule has 5 nitrogen and oxygen atoms in total. The van der Waals surface area contributed by atoms with Gasteiger partial charge in [-0.1, -0.05) is 24.3 Å². The van der Waals surface area contributed by atoms with Gasteiger partial charge in [0.05, 0.1) is 18.6 Å². The smallest absolute Gasteiger partial charge is 0.408 e. The Hall–Kier alpha value is -2.27. The van der Waals surface area contributed by atoms with Crippen molar-refractivity contribution in [2.75, 3.05) is 26.2 Å². The highest BCUT2D eigenvalue weighted by atomic mass is 16.4. The molecule has 4 aliphatic heterocycles. The van der Waals surface area contributed by atoms with Crippen molar-refractivity contribution in [3.63, 3.8) is 0 Å². The molecule has 5 heterocycles. The van der Waals surface area contributed by atoms with Gasteiger partial charge < -0.3 is 14.4 Å². The summed E-state index contributed by atoms with van der Waals surface area (Å²) in [7, 11) is 0. The van der Waals surface area contributed by atoms with Gasteiger partial charge in [0.15, 0.2) is 0 Å². The van der Waals surface area contributed by atoms with Crippen LogP contribution in [-0.2, 0) is 6.42 Å². The predicted molar refractivity (Wildman–Crippen MR) is 99.2 cm³/mol. The molecule has 0 aliphatic carbocycles. The quantitative estimate of drug-likeness (QED) is 0.841. The molecular formula is C21H26N2O3. The van der Waals surface area contributed by atoms with Gasteiger partial charge in [0.25, 0.3) is 0 Å². The molecule has 0 spiro atoms. The van der Waals surface area contributed by atoms with Crippen molar-refractivity contribution in [2.24, 2.45) is 5.92 Å². The number of furan rings is 1. The molecule has 1 amide bonds. The van der Waals surface area contributed by atoms with Gasteiger partial charge in [-0.2, -0.15) is 0 Å². The van der Waals surface area contributed by atoms with E-state index in [4.69, 9.17) is 4.42 Å². The Morgan fingerprint density at radius 3 is 2.31 bits per heavy atom. The second-order valence-electron chi connectivity index (χ2n) is 7.46. The van der Waals surface area contributed by atoms with Crippen molar-refractivity contribution in [1.29, 1.82) is 0 Å². The summed E-state index contributed by atoms with van der Waals surface area (Å²) in [5.41, 5.74) is 3.14. The molecular weight excluding hydrogens is 328 g/mol. The number of carboxylic acid groups (broad SMARTS) is 1. The molecule has 1 aromatic heterocycles. The van der Waals surface area contributed by atoms with E-state index in [0.29, 0.717) is 6.54 Å². The summed E-state index contributed by atoms with van der Waals surface area (Å²) in [5, 5.41) is 9.33. The Bertz CT molecular complexity index is 712. The van der Waals surface area contributed by atoms with Crippen LogP contribution in [0.15, 0.2) is 47.3 Å². The third kappa shape index (κ3) is 3.49. The molecule has 0 saturated carbocycles. The fourth-order valence-electron chi connectivity index (χ4n) is 4.43. The summed E-state index contributed by atoms with van der Waals surface area (Å²) in [5.74, 6) is 1.11. The van der Waals surface area contributed by atoms with Crippen molar-refractivity contribution >= 4 is 6.09 Å². The fourth-order valence-corrected chi connectivity index (χ4v) is 4.43. The molecule has 1 atom stereocenters. The Morgan fingerprint density at radius 1 is 1.04 bits per heavy atom. The first kappa shape index (κ1) is 17.2. The lowest BCUT2D eigenvalue weighted by molar-refractivity contribution is 0.111. The molecule has 26 heavy (non-hydrogen) atoms. The zero-order valence-corrected chi connectivity index (χ0v) is 15.0. The normalized spacial score (nSPS) is 26.6. The van der Waals surface area contributed by atoms with Crippen LogP contribution in [-0.4, -0.2) is 47.2 Å². The molecule has 1 aromatic carbocycles. The Kier molecular flexibility index (Phi) is 4.98. The van der Waals surface area contributed by atoms with Crippen molar-refractivity contribution in [1.82, 2.24) is 9.80 Å². The summed E-state index contributed by atoms with van der Waals surface area (Å²) < 4.78 is 5.09. The average Bonchev–Trinajstić information content (AvgIpc) is 3.23. The number of fused-ring (bicyclic) bond motifs is 4. The highest BCUT2D eigenvalue weighted by Gasteiger charge is 2.32. The van der Waals surface area contributed by atoms with Crippen molar-refractivity contribution in [2.45, 2.75) is 31.7 Å². The fraction of sp³-hybridized carbons (Fsp3) is 0.476. The molecule has 2 bridgehead atoms. The first-order valence-electron chi connectivity index (χ1n) is 9.54. The first-order valence-corrected chi connectivity index (χ1v) is 9.54. The first-order chi connectivity index (χ1) is 12.7. The number of piperidine rings is 3. The van der Waals surface area contributed by atoms with Crippen molar-refractivity contribution < 1.29 is 14.3 Å². The third-order valence-corrected chi connectivity index (χ3v) is 5.95. The summed E-state index contributed by atoms with van der Waals surface area (Å²) >= 11 is 0. The number of carbonyl (C=O) groups is 1. The molecule has 5 heteroatoms. The van der Waals surface area contributed by atoms with E-state index >= 15 is 0 Å². The van der Waals surface area contributed by atoms with Crippen molar-refractivity contribution in [3.8, 4) is 0 Å². The molecule has 138 valence electrons. The maximum atomic E-state index is 11.4. The van der Waals surface area contributed by atoms with Gasteiger partial charge in [0.2, 0.25) is 0 Å². The van der Waals surface area contributed by atoms with Crippen LogP contribution in [0.3, 0.4) is 0 Å². The summed E-state index contributed by atoms with van der Waals surface area (Å²) in [6.45, 7) is 4.70. The Morgan fingerprint density at radius 2 is 1.77 bits per heavy atom. The van der Waals surface area contributed by atoms with Crippen LogP contribution in [0.1, 0.15) is 42.0 Å². The highest BCUT2D eigenvalue weighted by Crippen LogP contribution is 2.35. The molecule has 1 N–H and O–H groups in total. The van der Waals surface area contributed by atoms with E-state index in [1.54, 1.807) is 12.5 Å². The van der Waals surface area contributed by atoms with E-state index in [9.17, 15) is 9.90 Å². The predicted octanol–water partition coefficient (Wildman–Crippen LogP) is 4.01. The largest absolute Gasteiger partial charge is 0.472 e. The van der Waals surface area contributed by atoms with Crippen LogP contribution in [0.25, 0.3) is 0 Å². The van der Waals surface area contributed by atoms with Gasteiger partial charge in [-0.3, -0.25) is 4.90 Å². The van der Waals surface area contributed by atoms with Crippen molar-refractivity contribution in [3.05, 3.63) is 59.5 Å². The molecule has 3 fully saturated rings. The van der Waals surface area contributed by atoms with Crippen LogP contribution >= 0.6 is 0 Å². The SMILES string of the molecule is C1CN2CCC1CC2.O=C(O)N1CCc2ccccc2C1c1ccoc1. The lowest BCUT2D eigenvalue weighted by atomic mass is 9.89. The lowest BCUT2D eigenvalue weighted by Crippen LogP contribution is -2.41. The van der Waals surface area contributed by atoms with Crippen LogP contribution in [0.4, 0.5) is 4.79 Å². The van der Waals surface area contributed by atoms with E-state index in [-0.39, 0.29) is 6.04 Å². The zero-order valence-electron chi connectivity index (χ0n) is 15.0. The van der Waals surface area contributed by atoms with Gasteiger partial charge in [0.1, 0.15) is 0 Å². The number of benzene rings is 1. The molecule has 1 unspecified atom stereocenters. The molecule has 0 radical (unpaired) electrons. The van der Waals surface area contributed by atoms with Crippen LogP contribution in [0.2, 0.25) is 0 Å². The number of rotatable bonds is 1. The molecule has 3 saturated heterocycles. The third-order valence-electron chi connectivity index (χ3n) is 5.95. The lowest BCUT2D eigenvalue weighted by Gasteiger charge is -2.38. The number of hydrogen-bond acceptors (Lipinski definition) is 3.